The number of carbonyl (C=O) groups is 2. The van der Waals surface area contributed by atoms with Crippen LogP contribution < -0.4 is 10.6 Å². The molecule has 0 bridgehead atoms. The van der Waals surface area contributed by atoms with Crippen LogP contribution in [0.1, 0.15) is 6.92 Å². The van der Waals surface area contributed by atoms with Gasteiger partial charge in [0.05, 0.1) is 5.75 Å². The van der Waals surface area contributed by atoms with Gasteiger partial charge in [-0.15, -0.1) is 10.2 Å². The molecule has 2 rings (SSSR count). The van der Waals surface area contributed by atoms with Gasteiger partial charge >= 0.3 is 6.03 Å². The molecule has 0 aliphatic rings. The molecular formula is C12H11ClN4O2S2. The Hall–Kier alpha value is -1.64. The lowest BCUT2D eigenvalue weighted by Gasteiger charge is -2.04. The lowest BCUT2D eigenvalue weighted by atomic mass is 10.3. The van der Waals surface area contributed by atoms with E-state index in [1.54, 1.807) is 24.3 Å². The number of ketones is 1. The molecule has 110 valence electrons. The predicted molar refractivity (Wildman–Crippen MR) is 85.4 cm³/mol. The Morgan fingerprint density at radius 2 is 1.95 bits per heavy atom. The third kappa shape index (κ3) is 5.33. The van der Waals surface area contributed by atoms with Gasteiger partial charge in [-0.2, -0.15) is 0 Å². The molecule has 0 radical (unpaired) electrons. The summed E-state index contributed by atoms with van der Waals surface area (Å²) in [4.78, 5) is 22.6. The Kier molecular flexibility index (Phi) is 5.54. The number of anilines is 2. The largest absolute Gasteiger partial charge is 0.325 e. The molecule has 0 spiro atoms. The predicted octanol–water partition coefficient (Wildman–Crippen LogP) is 3.52. The van der Waals surface area contributed by atoms with Crippen LogP contribution >= 0.6 is 34.7 Å². The van der Waals surface area contributed by atoms with E-state index in [1.165, 1.54) is 30.0 Å². The minimum atomic E-state index is -0.420. The Labute approximate surface area is 134 Å². The van der Waals surface area contributed by atoms with Crippen LogP contribution in [-0.4, -0.2) is 27.8 Å². The molecule has 1 aromatic carbocycles. The van der Waals surface area contributed by atoms with Gasteiger partial charge in [0, 0.05) is 10.7 Å². The second-order valence-corrected chi connectivity index (χ2v) is 6.59. The molecule has 6 nitrogen and oxygen atoms in total. The molecule has 0 saturated heterocycles. The van der Waals surface area contributed by atoms with Gasteiger partial charge in [-0.05, 0) is 31.2 Å². The van der Waals surface area contributed by atoms with E-state index in [4.69, 9.17) is 11.6 Å². The van der Waals surface area contributed by atoms with Crippen LogP contribution in [0.5, 0.6) is 0 Å². The SMILES string of the molecule is CC(=O)CSc1nnc(NC(=O)Nc2ccc(Cl)cc2)s1. The van der Waals surface area contributed by atoms with E-state index in [0.29, 0.717) is 25.9 Å². The van der Waals surface area contributed by atoms with Crippen LogP contribution in [0.15, 0.2) is 28.6 Å². The summed E-state index contributed by atoms with van der Waals surface area (Å²) in [7, 11) is 0. The van der Waals surface area contributed by atoms with Crippen LogP contribution in [0.25, 0.3) is 0 Å². The molecule has 9 heteroatoms. The first-order valence-corrected chi connectivity index (χ1v) is 8.00. The lowest BCUT2D eigenvalue weighted by molar-refractivity contribution is -0.114. The minimum Gasteiger partial charge on any atom is -0.308 e. The number of amides is 2. The number of aromatic nitrogens is 2. The van der Waals surface area contributed by atoms with Crippen molar-refractivity contribution >= 4 is 57.3 Å². The van der Waals surface area contributed by atoms with E-state index in [9.17, 15) is 9.59 Å². The van der Waals surface area contributed by atoms with Crippen molar-refractivity contribution in [2.24, 2.45) is 0 Å². The normalized spacial score (nSPS) is 10.2. The van der Waals surface area contributed by atoms with Gasteiger partial charge in [-0.25, -0.2) is 4.79 Å². The van der Waals surface area contributed by atoms with Gasteiger partial charge in [0.2, 0.25) is 5.13 Å². The van der Waals surface area contributed by atoms with Crippen LogP contribution in [0, 0.1) is 0 Å². The number of hydrogen-bond acceptors (Lipinski definition) is 6. The number of rotatable bonds is 5. The maximum absolute atomic E-state index is 11.8. The van der Waals surface area contributed by atoms with E-state index in [-0.39, 0.29) is 5.78 Å². The van der Waals surface area contributed by atoms with Crippen LogP contribution in [-0.2, 0) is 4.79 Å². The van der Waals surface area contributed by atoms with Crippen molar-refractivity contribution in [1.82, 2.24) is 10.2 Å². The third-order valence-corrected chi connectivity index (χ3v) is 4.50. The van der Waals surface area contributed by atoms with Gasteiger partial charge in [0.15, 0.2) is 4.34 Å². The molecule has 0 aliphatic carbocycles. The van der Waals surface area contributed by atoms with Crippen molar-refractivity contribution in [3.8, 4) is 0 Å². The molecule has 0 unspecified atom stereocenters. The molecule has 1 heterocycles. The summed E-state index contributed by atoms with van der Waals surface area (Å²) in [5, 5.41) is 13.9. The summed E-state index contributed by atoms with van der Waals surface area (Å²) in [5.41, 5.74) is 0.618. The highest BCUT2D eigenvalue weighted by Gasteiger charge is 2.09. The maximum atomic E-state index is 11.8. The molecule has 0 saturated carbocycles. The average molecular weight is 343 g/mol. The fourth-order valence-electron chi connectivity index (χ4n) is 1.27. The average Bonchev–Trinajstić information content (AvgIpc) is 2.86. The zero-order chi connectivity index (χ0) is 15.2. The molecule has 21 heavy (non-hydrogen) atoms. The number of nitrogens with zero attached hydrogens (tertiary/aromatic N) is 2. The van der Waals surface area contributed by atoms with E-state index in [1.807, 2.05) is 0 Å². The second-order valence-electron chi connectivity index (χ2n) is 3.95. The van der Waals surface area contributed by atoms with Crippen LogP contribution in [0.4, 0.5) is 15.6 Å². The highest BCUT2D eigenvalue weighted by molar-refractivity contribution is 8.01. The smallest absolute Gasteiger partial charge is 0.308 e. The number of nitrogens with one attached hydrogen (secondary N) is 2. The fraction of sp³-hybridized carbons (Fsp3) is 0.167. The quantitative estimate of drug-likeness (QED) is 0.641. The molecule has 2 aromatic rings. The van der Waals surface area contributed by atoms with Gasteiger partial charge in [-0.3, -0.25) is 10.1 Å². The van der Waals surface area contributed by atoms with Crippen molar-refractivity contribution in [2.45, 2.75) is 11.3 Å². The summed E-state index contributed by atoms with van der Waals surface area (Å²) >= 11 is 8.26. The Balaban J connectivity index is 1.87. The number of hydrogen-bond donors (Lipinski definition) is 2. The number of thioether (sulfide) groups is 1. The van der Waals surface area contributed by atoms with Gasteiger partial charge in [-0.1, -0.05) is 34.7 Å². The highest BCUT2D eigenvalue weighted by Crippen LogP contribution is 2.25. The van der Waals surface area contributed by atoms with Crippen LogP contribution in [0.3, 0.4) is 0 Å². The molecule has 2 N–H and O–H groups in total. The molecular weight excluding hydrogens is 332 g/mol. The van der Waals surface area contributed by atoms with E-state index in [0.717, 1.165) is 0 Å². The summed E-state index contributed by atoms with van der Waals surface area (Å²) in [6.07, 6.45) is 0. The lowest BCUT2D eigenvalue weighted by Crippen LogP contribution is -2.19. The first-order chi connectivity index (χ1) is 10.0. The van der Waals surface area contributed by atoms with Gasteiger partial charge in [0.1, 0.15) is 5.78 Å². The van der Waals surface area contributed by atoms with Crippen molar-refractivity contribution in [2.75, 3.05) is 16.4 Å². The highest BCUT2D eigenvalue weighted by atomic mass is 35.5. The molecule has 0 aliphatic heterocycles. The van der Waals surface area contributed by atoms with Gasteiger partial charge in [0.25, 0.3) is 0 Å². The van der Waals surface area contributed by atoms with Gasteiger partial charge < -0.3 is 5.32 Å². The van der Waals surface area contributed by atoms with Crippen LogP contribution in [0.2, 0.25) is 5.02 Å². The Bertz CT molecular complexity index is 645. The molecule has 2 amide bonds. The second kappa shape index (κ2) is 7.39. The van der Waals surface area contributed by atoms with Crippen molar-refractivity contribution in [1.29, 1.82) is 0 Å². The van der Waals surface area contributed by atoms with Crippen molar-refractivity contribution in [3.05, 3.63) is 29.3 Å². The van der Waals surface area contributed by atoms with E-state index >= 15 is 0 Å². The monoisotopic (exact) mass is 342 g/mol. The van der Waals surface area contributed by atoms with Crippen molar-refractivity contribution in [3.63, 3.8) is 0 Å². The maximum Gasteiger partial charge on any atom is 0.325 e. The fourth-order valence-corrected chi connectivity index (χ4v) is 2.95. The number of urea groups is 1. The van der Waals surface area contributed by atoms with E-state index < -0.39 is 6.03 Å². The molecule has 0 atom stereocenters. The molecule has 0 fully saturated rings. The number of halogens is 1. The summed E-state index contributed by atoms with van der Waals surface area (Å²) in [6.45, 7) is 1.51. The van der Waals surface area contributed by atoms with E-state index in [2.05, 4.69) is 20.8 Å². The standard InChI is InChI=1S/C12H11ClN4O2S2/c1-7(18)6-20-12-17-16-11(21-12)15-10(19)14-9-4-2-8(13)3-5-9/h2-5H,6H2,1H3,(H2,14,15,16,19). The third-order valence-electron chi connectivity index (χ3n) is 2.13. The summed E-state index contributed by atoms with van der Waals surface area (Å²) in [6, 6.07) is 6.32. The Morgan fingerprint density at radius 1 is 1.24 bits per heavy atom. The number of Topliss-reactive ketones (excluding diaryl/α,β-unsaturated/α-hetero) is 1. The van der Waals surface area contributed by atoms with Crippen molar-refractivity contribution < 1.29 is 9.59 Å². The molecule has 1 aromatic heterocycles. The summed E-state index contributed by atoms with van der Waals surface area (Å²) in [5.74, 6) is 0.399. The first-order valence-electron chi connectivity index (χ1n) is 5.82. The zero-order valence-electron chi connectivity index (χ0n) is 10.9. The topological polar surface area (TPSA) is 84.0 Å². The zero-order valence-corrected chi connectivity index (χ0v) is 13.3. The summed E-state index contributed by atoms with van der Waals surface area (Å²) < 4.78 is 0.631. The number of carbonyl (C=O) groups excluding carboxylic acids is 2. The minimum absolute atomic E-state index is 0.0604. The Morgan fingerprint density at radius 3 is 2.62 bits per heavy atom. The first kappa shape index (κ1) is 15.7. The number of benzene rings is 1.